The van der Waals surface area contributed by atoms with E-state index in [0.717, 1.165) is 45.4 Å². The molecule has 0 spiro atoms. The third kappa shape index (κ3) is 8.19. The van der Waals surface area contributed by atoms with Crippen molar-refractivity contribution in [3.05, 3.63) is 0 Å². The van der Waals surface area contributed by atoms with Crippen molar-refractivity contribution in [2.75, 3.05) is 38.5 Å². The Morgan fingerprint density at radius 1 is 1.10 bits per heavy atom. The van der Waals surface area contributed by atoms with Gasteiger partial charge in [0.2, 0.25) is 10.0 Å². The Hall–Kier alpha value is -0.170. The quantitative estimate of drug-likeness (QED) is 0.502. The number of rotatable bonds is 13. The van der Waals surface area contributed by atoms with Gasteiger partial charge >= 0.3 is 0 Å². The number of hydrogen-bond donors (Lipinski definition) is 2. The van der Waals surface area contributed by atoms with Gasteiger partial charge in [-0.1, -0.05) is 13.8 Å². The van der Waals surface area contributed by atoms with E-state index in [1.807, 2.05) is 0 Å². The van der Waals surface area contributed by atoms with Crippen LogP contribution in [0.15, 0.2) is 0 Å². The van der Waals surface area contributed by atoms with E-state index in [0.29, 0.717) is 12.6 Å². The Balaban J connectivity index is 2.05. The topological polar surface area (TPSA) is 61.4 Å². The first kappa shape index (κ1) is 17.9. The Labute approximate surface area is 124 Å². The third-order valence-electron chi connectivity index (χ3n) is 3.63. The first-order valence-electron chi connectivity index (χ1n) is 8.01. The zero-order chi connectivity index (χ0) is 14.8. The molecule has 0 aliphatic heterocycles. The summed E-state index contributed by atoms with van der Waals surface area (Å²) in [5, 5.41) is 3.28. The summed E-state index contributed by atoms with van der Waals surface area (Å²) in [5.74, 6) is 0.246. The van der Waals surface area contributed by atoms with Crippen molar-refractivity contribution < 1.29 is 8.42 Å². The Kier molecular flexibility index (Phi) is 8.68. The second-order valence-electron chi connectivity index (χ2n) is 5.53. The van der Waals surface area contributed by atoms with Crippen LogP contribution in [0.2, 0.25) is 0 Å². The maximum Gasteiger partial charge on any atom is 0.211 e. The molecule has 2 N–H and O–H groups in total. The lowest BCUT2D eigenvalue weighted by molar-refractivity contribution is 0.282. The fraction of sp³-hybridized carbons (Fsp3) is 1.00. The van der Waals surface area contributed by atoms with Crippen molar-refractivity contribution in [2.45, 2.75) is 52.0 Å². The Bertz CT molecular complexity index is 342. The molecule has 0 heterocycles. The van der Waals surface area contributed by atoms with Crippen molar-refractivity contribution in [3.63, 3.8) is 0 Å². The molecule has 1 aliphatic rings. The van der Waals surface area contributed by atoms with Crippen molar-refractivity contribution in [1.82, 2.24) is 14.9 Å². The number of nitrogens with one attached hydrogen (secondary N) is 2. The van der Waals surface area contributed by atoms with E-state index in [1.54, 1.807) is 0 Å². The lowest BCUT2D eigenvalue weighted by Gasteiger charge is -2.19. The number of nitrogens with zero attached hydrogens (tertiary/aromatic N) is 1. The van der Waals surface area contributed by atoms with E-state index in [9.17, 15) is 8.42 Å². The second kappa shape index (κ2) is 9.71. The summed E-state index contributed by atoms with van der Waals surface area (Å²) in [6.45, 7) is 8.57. The van der Waals surface area contributed by atoms with E-state index >= 15 is 0 Å². The Morgan fingerprint density at radius 3 is 2.45 bits per heavy atom. The largest absolute Gasteiger partial charge is 0.317 e. The summed E-state index contributed by atoms with van der Waals surface area (Å²) in [7, 11) is -3.09. The van der Waals surface area contributed by atoms with Gasteiger partial charge in [-0.25, -0.2) is 13.1 Å². The summed E-state index contributed by atoms with van der Waals surface area (Å²) in [6, 6.07) is 0.703. The van der Waals surface area contributed by atoms with Crippen molar-refractivity contribution in [1.29, 1.82) is 0 Å². The summed E-state index contributed by atoms with van der Waals surface area (Å²) in [6.07, 6.45) is 5.31. The lowest BCUT2D eigenvalue weighted by Crippen LogP contribution is -2.37. The van der Waals surface area contributed by atoms with Crippen LogP contribution in [-0.4, -0.2) is 57.8 Å². The molecule has 0 aromatic heterocycles. The standard InChI is InChI=1S/C14H31N3O2S/c1-3-9-15-10-5-6-13-20(18,19)16-11-12-17(4-2)14-7-8-14/h14-16H,3-13H2,1-2H3. The van der Waals surface area contributed by atoms with Crippen molar-refractivity contribution >= 4 is 10.0 Å². The molecule has 0 radical (unpaired) electrons. The molecule has 1 aliphatic carbocycles. The molecular weight excluding hydrogens is 274 g/mol. The summed E-state index contributed by atoms with van der Waals surface area (Å²) in [5.41, 5.74) is 0. The molecule has 0 amide bonds. The van der Waals surface area contributed by atoms with Crippen LogP contribution in [0.25, 0.3) is 0 Å². The zero-order valence-electron chi connectivity index (χ0n) is 13.0. The van der Waals surface area contributed by atoms with Crippen molar-refractivity contribution in [2.24, 2.45) is 0 Å². The number of sulfonamides is 1. The molecule has 0 aromatic carbocycles. The van der Waals surface area contributed by atoms with E-state index in [2.05, 4.69) is 28.8 Å². The highest BCUT2D eigenvalue weighted by Crippen LogP contribution is 2.25. The van der Waals surface area contributed by atoms with Gasteiger partial charge < -0.3 is 5.32 Å². The van der Waals surface area contributed by atoms with E-state index in [-0.39, 0.29) is 5.75 Å². The average Bonchev–Trinajstić information content (AvgIpc) is 3.23. The van der Waals surface area contributed by atoms with Crippen LogP contribution in [-0.2, 0) is 10.0 Å². The first-order chi connectivity index (χ1) is 9.59. The first-order valence-corrected chi connectivity index (χ1v) is 9.66. The maximum absolute atomic E-state index is 11.8. The lowest BCUT2D eigenvalue weighted by atomic mass is 10.3. The van der Waals surface area contributed by atoms with Crippen LogP contribution >= 0.6 is 0 Å². The van der Waals surface area contributed by atoms with Gasteiger partial charge in [0.05, 0.1) is 5.75 Å². The molecule has 6 heteroatoms. The number of hydrogen-bond acceptors (Lipinski definition) is 4. The summed E-state index contributed by atoms with van der Waals surface area (Å²) in [4.78, 5) is 2.36. The smallest absolute Gasteiger partial charge is 0.211 e. The van der Waals surface area contributed by atoms with Crippen LogP contribution in [0.3, 0.4) is 0 Å². The van der Waals surface area contributed by atoms with E-state index in [4.69, 9.17) is 0 Å². The van der Waals surface area contributed by atoms with Crippen LogP contribution in [0.1, 0.15) is 46.0 Å². The maximum atomic E-state index is 11.8. The molecule has 0 saturated heterocycles. The predicted octanol–water partition coefficient (Wildman–Crippen LogP) is 1.17. The van der Waals surface area contributed by atoms with Gasteiger partial charge in [-0.15, -0.1) is 0 Å². The molecule has 0 unspecified atom stereocenters. The number of unbranched alkanes of at least 4 members (excludes halogenated alkanes) is 1. The molecule has 5 nitrogen and oxygen atoms in total. The fourth-order valence-corrected chi connectivity index (χ4v) is 3.43. The third-order valence-corrected chi connectivity index (χ3v) is 5.10. The molecule has 1 fully saturated rings. The normalized spacial score (nSPS) is 15.9. The summed E-state index contributed by atoms with van der Waals surface area (Å²) < 4.78 is 26.4. The second-order valence-corrected chi connectivity index (χ2v) is 7.46. The highest BCUT2D eigenvalue weighted by atomic mass is 32.2. The molecular formula is C14H31N3O2S. The van der Waals surface area contributed by atoms with Crippen LogP contribution < -0.4 is 10.0 Å². The molecule has 1 saturated carbocycles. The van der Waals surface area contributed by atoms with E-state index in [1.165, 1.54) is 12.8 Å². The van der Waals surface area contributed by atoms with Gasteiger partial charge in [-0.3, -0.25) is 4.90 Å². The van der Waals surface area contributed by atoms with Gasteiger partial charge in [-0.05, 0) is 51.7 Å². The fourth-order valence-electron chi connectivity index (χ4n) is 2.30. The number of likely N-dealkylation sites (N-methyl/N-ethyl adjacent to an activating group) is 1. The monoisotopic (exact) mass is 305 g/mol. The van der Waals surface area contributed by atoms with Crippen LogP contribution in [0.5, 0.6) is 0 Å². The molecule has 20 heavy (non-hydrogen) atoms. The van der Waals surface area contributed by atoms with Crippen LogP contribution in [0, 0.1) is 0 Å². The average molecular weight is 305 g/mol. The molecule has 0 aromatic rings. The minimum Gasteiger partial charge on any atom is -0.317 e. The predicted molar refractivity (Wildman–Crippen MR) is 84.5 cm³/mol. The van der Waals surface area contributed by atoms with E-state index < -0.39 is 10.0 Å². The van der Waals surface area contributed by atoms with Crippen molar-refractivity contribution in [3.8, 4) is 0 Å². The summed E-state index contributed by atoms with van der Waals surface area (Å²) >= 11 is 0. The minimum absolute atomic E-state index is 0.246. The van der Waals surface area contributed by atoms with Gasteiger partial charge in [0.25, 0.3) is 0 Å². The van der Waals surface area contributed by atoms with Gasteiger partial charge in [0, 0.05) is 19.1 Å². The Morgan fingerprint density at radius 2 is 1.85 bits per heavy atom. The van der Waals surface area contributed by atoms with Gasteiger partial charge in [0.15, 0.2) is 0 Å². The van der Waals surface area contributed by atoms with Gasteiger partial charge in [-0.2, -0.15) is 0 Å². The van der Waals surface area contributed by atoms with Crippen LogP contribution in [0.4, 0.5) is 0 Å². The highest BCUT2D eigenvalue weighted by Gasteiger charge is 2.27. The molecule has 0 atom stereocenters. The van der Waals surface area contributed by atoms with Gasteiger partial charge in [0.1, 0.15) is 0 Å². The highest BCUT2D eigenvalue weighted by molar-refractivity contribution is 7.89. The SMILES string of the molecule is CCCNCCCCS(=O)(=O)NCCN(CC)C1CC1. The molecule has 120 valence electrons. The molecule has 0 bridgehead atoms. The minimum atomic E-state index is -3.09. The zero-order valence-corrected chi connectivity index (χ0v) is 13.8. The molecule has 1 rings (SSSR count).